The molecule has 4 heteroatoms. The zero-order valence-electron chi connectivity index (χ0n) is 18.1. The van der Waals surface area contributed by atoms with Crippen LogP contribution in [0.1, 0.15) is 49.0 Å². The molecule has 0 fully saturated rings. The summed E-state index contributed by atoms with van der Waals surface area (Å²) in [6.07, 6.45) is 2.42. The topological polar surface area (TPSA) is 57.8 Å². The van der Waals surface area contributed by atoms with Crippen LogP contribution in [0.2, 0.25) is 0 Å². The summed E-state index contributed by atoms with van der Waals surface area (Å²) in [5.41, 5.74) is 3.54. The number of carbonyl (C=O) groups excluding carboxylic acids is 1. The van der Waals surface area contributed by atoms with Crippen LogP contribution in [0.15, 0.2) is 72.8 Å². The lowest BCUT2D eigenvalue weighted by Gasteiger charge is -2.27. The summed E-state index contributed by atoms with van der Waals surface area (Å²) in [5.74, 6) is -0.0818. The maximum absolute atomic E-state index is 13.1. The van der Waals surface area contributed by atoms with E-state index in [0.29, 0.717) is 12.0 Å². The number of rotatable bonds is 7. The molecule has 0 bridgehead atoms. The minimum absolute atomic E-state index is 0.0818. The molecule has 0 aliphatic heterocycles. The third kappa shape index (κ3) is 4.18. The monoisotopic (exact) mass is 409 g/mol. The number of aryl methyl sites for hydroxylation is 1. The molecule has 4 nitrogen and oxygen atoms in total. The smallest absolute Gasteiger partial charge is 0.251 e. The lowest BCUT2D eigenvalue weighted by molar-refractivity contribution is 0.0912. The van der Waals surface area contributed by atoms with Gasteiger partial charge >= 0.3 is 0 Å². The van der Waals surface area contributed by atoms with Gasteiger partial charge < -0.3 is 9.88 Å². The molecule has 0 aliphatic rings. The average molecular weight is 410 g/mol. The molecule has 1 N–H and O–H groups in total. The first-order valence-corrected chi connectivity index (χ1v) is 10.8. The quantitative estimate of drug-likeness (QED) is 0.372. The van der Waals surface area contributed by atoms with Gasteiger partial charge in [-0.05, 0) is 56.5 Å². The van der Waals surface area contributed by atoms with Crippen LogP contribution in [-0.4, -0.2) is 10.5 Å². The van der Waals surface area contributed by atoms with Gasteiger partial charge in [0.15, 0.2) is 0 Å². The first-order chi connectivity index (χ1) is 15.0. The number of hydrogen-bond donors (Lipinski definition) is 1. The Morgan fingerprint density at radius 1 is 0.935 bits per heavy atom. The summed E-state index contributed by atoms with van der Waals surface area (Å²) in [6.45, 7) is 4.90. The van der Waals surface area contributed by atoms with E-state index in [1.807, 2.05) is 74.5 Å². The van der Waals surface area contributed by atoms with Crippen molar-refractivity contribution in [2.24, 2.45) is 0 Å². The molecule has 0 saturated heterocycles. The van der Waals surface area contributed by atoms with E-state index in [9.17, 15) is 4.79 Å². The number of carbonyl (C=O) groups is 1. The van der Waals surface area contributed by atoms with Gasteiger partial charge in [-0.1, -0.05) is 48.5 Å². The molecular weight excluding hydrogens is 382 g/mol. The molecule has 3 aromatic carbocycles. The van der Waals surface area contributed by atoms with Crippen molar-refractivity contribution >= 4 is 27.7 Å². The molecule has 0 saturated carbocycles. The number of nitrogens with one attached hydrogen (secondary N) is 1. The molecule has 4 rings (SSSR count). The predicted octanol–water partition coefficient (Wildman–Crippen LogP) is 6.15. The van der Waals surface area contributed by atoms with Gasteiger partial charge in [0.05, 0.1) is 11.6 Å². The van der Waals surface area contributed by atoms with E-state index in [1.165, 1.54) is 0 Å². The fraction of sp³-hybridized carbons (Fsp3) is 0.259. The number of para-hydroxylation sites is 1. The number of fused-ring (bicyclic) bond motifs is 3. The van der Waals surface area contributed by atoms with Crippen molar-refractivity contribution < 1.29 is 4.79 Å². The summed E-state index contributed by atoms with van der Waals surface area (Å²) < 4.78 is 2.30. The van der Waals surface area contributed by atoms with Gasteiger partial charge in [-0.2, -0.15) is 5.26 Å². The molecule has 0 unspecified atom stereocenters. The summed E-state index contributed by atoms with van der Waals surface area (Å²) in [5, 5.41) is 14.2. The molecule has 31 heavy (non-hydrogen) atoms. The van der Waals surface area contributed by atoms with E-state index >= 15 is 0 Å². The van der Waals surface area contributed by atoms with Crippen LogP contribution in [-0.2, 0) is 12.1 Å². The molecule has 0 aliphatic carbocycles. The van der Waals surface area contributed by atoms with Crippen LogP contribution < -0.4 is 5.32 Å². The normalized spacial score (nSPS) is 11.5. The van der Waals surface area contributed by atoms with Crippen LogP contribution in [0, 0.1) is 11.3 Å². The highest BCUT2D eigenvalue weighted by molar-refractivity contribution is 6.10. The van der Waals surface area contributed by atoms with Gasteiger partial charge in [0.1, 0.15) is 0 Å². The van der Waals surface area contributed by atoms with Gasteiger partial charge in [-0.25, -0.2) is 0 Å². The number of nitriles is 1. The Morgan fingerprint density at radius 2 is 1.65 bits per heavy atom. The van der Waals surface area contributed by atoms with Crippen molar-refractivity contribution in [2.75, 3.05) is 0 Å². The Bertz CT molecular complexity index is 1260. The lowest BCUT2D eigenvalue weighted by atomic mass is 9.94. The zero-order chi connectivity index (χ0) is 21.8. The number of nitrogens with zero attached hydrogens (tertiary/aromatic N) is 2. The second-order valence-corrected chi connectivity index (χ2v) is 8.46. The molecule has 0 spiro atoms. The second-order valence-electron chi connectivity index (χ2n) is 8.46. The van der Waals surface area contributed by atoms with E-state index in [0.717, 1.165) is 46.8 Å². The summed E-state index contributed by atoms with van der Waals surface area (Å²) >= 11 is 0. The highest BCUT2D eigenvalue weighted by atomic mass is 16.1. The Labute approximate surface area is 183 Å². The third-order valence-corrected chi connectivity index (χ3v) is 5.88. The van der Waals surface area contributed by atoms with Crippen molar-refractivity contribution in [3.8, 4) is 6.07 Å². The fourth-order valence-electron chi connectivity index (χ4n) is 4.19. The predicted molar refractivity (Wildman–Crippen MR) is 126 cm³/mol. The molecule has 156 valence electrons. The summed E-state index contributed by atoms with van der Waals surface area (Å²) in [6, 6.07) is 26.5. The first kappa shape index (κ1) is 20.7. The zero-order valence-corrected chi connectivity index (χ0v) is 18.1. The van der Waals surface area contributed by atoms with Gasteiger partial charge in [-0.15, -0.1) is 0 Å². The largest absolute Gasteiger partial charge is 0.343 e. The molecule has 1 aromatic heterocycles. The summed E-state index contributed by atoms with van der Waals surface area (Å²) in [7, 11) is 0. The maximum Gasteiger partial charge on any atom is 0.251 e. The minimum Gasteiger partial charge on any atom is -0.343 e. The van der Waals surface area contributed by atoms with Crippen LogP contribution in [0.5, 0.6) is 0 Å². The SMILES string of the molecule is CC(C)(NC(=O)c1ccc2c(c1)c1ccccc1n2CCCCC#N)c1ccccc1. The number of benzene rings is 3. The number of aromatic nitrogens is 1. The van der Waals surface area contributed by atoms with Crippen LogP contribution in [0.4, 0.5) is 0 Å². The van der Waals surface area contributed by atoms with E-state index in [4.69, 9.17) is 5.26 Å². The first-order valence-electron chi connectivity index (χ1n) is 10.8. The molecular formula is C27H27N3O. The van der Waals surface area contributed by atoms with Gasteiger partial charge in [0, 0.05) is 40.3 Å². The highest BCUT2D eigenvalue weighted by Gasteiger charge is 2.23. The highest BCUT2D eigenvalue weighted by Crippen LogP contribution is 2.30. The third-order valence-electron chi connectivity index (χ3n) is 5.88. The second kappa shape index (κ2) is 8.65. The standard InChI is InChI=1S/C27H27N3O/c1-27(2,21-11-5-3-6-12-21)29-26(31)20-15-16-25-23(19-20)22-13-7-8-14-24(22)30(25)18-10-4-9-17-28/h3,5-8,11-16,19H,4,9-10,18H2,1-2H3,(H,29,31). The number of unbranched alkanes of at least 4 members (excludes halogenated alkanes) is 2. The molecule has 4 aromatic rings. The molecule has 0 radical (unpaired) electrons. The van der Waals surface area contributed by atoms with Crippen molar-refractivity contribution in [1.29, 1.82) is 5.26 Å². The Balaban J connectivity index is 1.67. The average Bonchev–Trinajstić information content (AvgIpc) is 3.10. The van der Waals surface area contributed by atoms with Crippen molar-refractivity contribution in [1.82, 2.24) is 9.88 Å². The van der Waals surface area contributed by atoms with E-state index < -0.39 is 5.54 Å². The number of hydrogen-bond acceptors (Lipinski definition) is 2. The summed E-state index contributed by atoms with van der Waals surface area (Å²) in [4.78, 5) is 13.1. The molecule has 1 amide bonds. The van der Waals surface area contributed by atoms with Crippen molar-refractivity contribution in [2.45, 2.75) is 45.2 Å². The fourth-order valence-corrected chi connectivity index (χ4v) is 4.19. The Kier molecular flexibility index (Phi) is 5.77. The van der Waals surface area contributed by atoms with Crippen LogP contribution in [0.25, 0.3) is 21.8 Å². The van der Waals surface area contributed by atoms with Crippen molar-refractivity contribution in [3.63, 3.8) is 0 Å². The Hall–Kier alpha value is -3.58. The Morgan fingerprint density at radius 3 is 2.42 bits per heavy atom. The van der Waals surface area contributed by atoms with Crippen LogP contribution >= 0.6 is 0 Å². The lowest BCUT2D eigenvalue weighted by Crippen LogP contribution is -2.40. The van der Waals surface area contributed by atoms with E-state index in [2.05, 4.69) is 28.1 Å². The van der Waals surface area contributed by atoms with E-state index in [1.54, 1.807) is 0 Å². The molecule has 0 atom stereocenters. The minimum atomic E-state index is -0.470. The van der Waals surface area contributed by atoms with Crippen LogP contribution in [0.3, 0.4) is 0 Å². The van der Waals surface area contributed by atoms with Gasteiger partial charge in [0.25, 0.3) is 5.91 Å². The number of amides is 1. The molecule has 1 heterocycles. The van der Waals surface area contributed by atoms with Gasteiger partial charge in [0.2, 0.25) is 0 Å². The van der Waals surface area contributed by atoms with Gasteiger partial charge in [-0.3, -0.25) is 4.79 Å². The van der Waals surface area contributed by atoms with Crippen molar-refractivity contribution in [3.05, 3.63) is 83.9 Å². The maximum atomic E-state index is 13.1. The van der Waals surface area contributed by atoms with E-state index in [-0.39, 0.29) is 5.91 Å².